The van der Waals surface area contributed by atoms with Gasteiger partial charge in [0.2, 0.25) is 0 Å². The molecule has 0 bridgehead atoms. The summed E-state index contributed by atoms with van der Waals surface area (Å²) in [6.07, 6.45) is 2.31. The summed E-state index contributed by atoms with van der Waals surface area (Å²) >= 11 is 0. The van der Waals surface area contributed by atoms with Gasteiger partial charge < -0.3 is 9.67 Å². The molecule has 18 heavy (non-hydrogen) atoms. The predicted octanol–water partition coefficient (Wildman–Crippen LogP) is 2.28. The number of hydrogen-bond acceptors (Lipinski definition) is 2. The molecule has 0 spiro atoms. The molecule has 0 aliphatic carbocycles. The lowest BCUT2D eigenvalue weighted by Gasteiger charge is -2.13. The highest BCUT2D eigenvalue weighted by atomic mass is 16.4. The molecule has 4 nitrogen and oxygen atoms in total. The molecule has 1 N–H and O–H groups in total. The normalized spacial score (nSPS) is 10.6. The Kier molecular flexibility index (Phi) is 5.13. The van der Waals surface area contributed by atoms with Crippen molar-refractivity contribution in [1.82, 2.24) is 4.57 Å². The molecule has 100 valence electrons. The van der Waals surface area contributed by atoms with E-state index in [2.05, 4.69) is 6.92 Å². The number of aromatic nitrogens is 1. The van der Waals surface area contributed by atoms with Gasteiger partial charge in [-0.2, -0.15) is 0 Å². The van der Waals surface area contributed by atoms with Gasteiger partial charge in [0, 0.05) is 24.2 Å². The summed E-state index contributed by atoms with van der Waals surface area (Å²) in [5, 5.41) is 8.71. The number of aliphatic carboxylic acids is 1. The van der Waals surface area contributed by atoms with Crippen LogP contribution in [0.25, 0.3) is 0 Å². The van der Waals surface area contributed by atoms with E-state index in [1.165, 1.54) is 0 Å². The molecule has 0 saturated carbocycles. The summed E-state index contributed by atoms with van der Waals surface area (Å²) in [4.78, 5) is 22.9. The van der Waals surface area contributed by atoms with E-state index in [1.807, 2.05) is 19.9 Å². The van der Waals surface area contributed by atoms with Gasteiger partial charge in [-0.05, 0) is 38.3 Å². The smallest absolute Gasteiger partial charge is 0.303 e. The highest BCUT2D eigenvalue weighted by molar-refractivity contribution is 5.67. The van der Waals surface area contributed by atoms with E-state index >= 15 is 0 Å². The van der Waals surface area contributed by atoms with Gasteiger partial charge in [-0.25, -0.2) is 0 Å². The molecule has 1 rings (SSSR count). The summed E-state index contributed by atoms with van der Waals surface area (Å²) < 4.78 is 1.76. The van der Waals surface area contributed by atoms with E-state index in [0.29, 0.717) is 18.5 Å². The van der Waals surface area contributed by atoms with Gasteiger partial charge in [0.25, 0.3) is 5.56 Å². The van der Waals surface area contributed by atoms with Crippen molar-refractivity contribution in [3.05, 3.63) is 33.2 Å². The number of hydrogen-bond donors (Lipinski definition) is 1. The minimum Gasteiger partial charge on any atom is -0.481 e. The van der Waals surface area contributed by atoms with Crippen LogP contribution in [-0.2, 0) is 17.8 Å². The molecule has 1 aromatic heterocycles. The van der Waals surface area contributed by atoms with Crippen LogP contribution in [-0.4, -0.2) is 15.6 Å². The van der Waals surface area contributed by atoms with Crippen LogP contribution >= 0.6 is 0 Å². The standard InChI is InChI=1S/C14H21NO3/c1-4-5-8-15-11(3)9-10(2)12(14(15)18)6-7-13(16)17/h9H,4-8H2,1-3H3,(H,16,17). The Hall–Kier alpha value is -1.58. The molecule has 0 aliphatic heterocycles. The first kappa shape index (κ1) is 14.5. The summed E-state index contributed by atoms with van der Waals surface area (Å²) in [7, 11) is 0. The first-order valence-electron chi connectivity index (χ1n) is 6.39. The van der Waals surface area contributed by atoms with Crippen molar-refractivity contribution >= 4 is 5.97 Å². The van der Waals surface area contributed by atoms with E-state index in [-0.39, 0.29) is 12.0 Å². The first-order chi connectivity index (χ1) is 8.47. The summed E-state index contributed by atoms with van der Waals surface area (Å²) in [6, 6.07) is 1.97. The fraction of sp³-hybridized carbons (Fsp3) is 0.571. The summed E-state index contributed by atoms with van der Waals surface area (Å²) in [5.41, 5.74) is 2.46. The lowest BCUT2D eigenvalue weighted by atomic mass is 10.0. The quantitative estimate of drug-likeness (QED) is 0.843. The average molecular weight is 251 g/mol. The van der Waals surface area contributed by atoms with Crippen molar-refractivity contribution in [3.8, 4) is 0 Å². The van der Waals surface area contributed by atoms with Crippen molar-refractivity contribution < 1.29 is 9.90 Å². The van der Waals surface area contributed by atoms with E-state index in [1.54, 1.807) is 4.57 Å². The molecule has 0 radical (unpaired) electrons. The Morgan fingerprint density at radius 1 is 1.39 bits per heavy atom. The molecule has 0 fully saturated rings. The van der Waals surface area contributed by atoms with Crippen LogP contribution in [0.2, 0.25) is 0 Å². The van der Waals surface area contributed by atoms with Crippen LogP contribution in [0.1, 0.15) is 43.0 Å². The fourth-order valence-corrected chi connectivity index (χ4v) is 2.10. The number of rotatable bonds is 6. The molecule has 0 atom stereocenters. The van der Waals surface area contributed by atoms with Gasteiger partial charge in [0.05, 0.1) is 0 Å². The summed E-state index contributed by atoms with van der Waals surface area (Å²) in [5.74, 6) is -0.866. The molecule has 0 aliphatic rings. The third-order valence-corrected chi connectivity index (χ3v) is 3.15. The average Bonchev–Trinajstić information content (AvgIpc) is 2.27. The van der Waals surface area contributed by atoms with Crippen LogP contribution in [0.3, 0.4) is 0 Å². The molecule has 0 unspecified atom stereocenters. The van der Waals surface area contributed by atoms with Gasteiger partial charge in [0.1, 0.15) is 0 Å². The van der Waals surface area contributed by atoms with Crippen LogP contribution in [0.15, 0.2) is 10.9 Å². The largest absolute Gasteiger partial charge is 0.481 e. The lowest BCUT2D eigenvalue weighted by molar-refractivity contribution is -0.136. The number of unbranched alkanes of at least 4 members (excludes halogenated alkanes) is 1. The second-order valence-corrected chi connectivity index (χ2v) is 4.65. The SMILES string of the molecule is CCCCn1c(C)cc(C)c(CCC(=O)O)c1=O. The zero-order valence-electron chi connectivity index (χ0n) is 11.3. The van der Waals surface area contributed by atoms with Gasteiger partial charge in [-0.1, -0.05) is 13.3 Å². The van der Waals surface area contributed by atoms with Crippen molar-refractivity contribution in [3.63, 3.8) is 0 Å². The number of carboxylic acid groups (broad SMARTS) is 1. The second-order valence-electron chi connectivity index (χ2n) is 4.65. The Bertz CT molecular complexity index is 489. The molecule has 4 heteroatoms. The molecule has 0 aromatic carbocycles. The fourth-order valence-electron chi connectivity index (χ4n) is 2.10. The van der Waals surface area contributed by atoms with Gasteiger partial charge in [-0.15, -0.1) is 0 Å². The predicted molar refractivity (Wildman–Crippen MR) is 71.0 cm³/mol. The lowest BCUT2D eigenvalue weighted by Crippen LogP contribution is -2.27. The van der Waals surface area contributed by atoms with Crippen LogP contribution in [0, 0.1) is 13.8 Å². The first-order valence-corrected chi connectivity index (χ1v) is 6.39. The van der Waals surface area contributed by atoms with Gasteiger partial charge >= 0.3 is 5.97 Å². The highest BCUT2D eigenvalue weighted by Gasteiger charge is 2.11. The van der Waals surface area contributed by atoms with Crippen molar-refractivity contribution in [1.29, 1.82) is 0 Å². The third kappa shape index (κ3) is 3.45. The maximum absolute atomic E-state index is 12.3. The number of pyridine rings is 1. The molecular formula is C14H21NO3. The van der Waals surface area contributed by atoms with Gasteiger partial charge in [0.15, 0.2) is 0 Å². The second kappa shape index (κ2) is 6.38. The van der Waals surface area contributed by atoms with Crippen molar-refractivity contribution in [2.24, 2.45) is 0 Å². The molecule has 1 aromatic rings. The number of nitrogens with zero attached hydrogens (tertiary/aromatic N) is 1. The van der Waals surface area contributed by atoms with E-state index in [9.17, 15) is 9.59 Å². The Morgan fingerprint density at radius 2 is 2.06 bits per heavy atom. The Labute approximate surface area is 107 Å². The number of aryl methyl sites for hydroxylation is 2. The van der Waals surface area contributed by atoms with Gasteiger partial charge in [-0.3, -0.25) is 9.59 Å². The monoisotopic (exact) mass is 251 g/mol. The maximum Gasteiger partial charge on any atom is 0.303 e. The van der Waals surface area contributed by atoms with Crippen molar-refractivity contribution in [2.75, 3.05) is 0 Å². The third-order valence-electron chi connectivity index (χ3n) is 3.15. The zero-order valence-corrected chi connectivity index (χ0v) is 11.3. The van der Waals surface area contributed by atoms with E-state index in [0.717, 1.165) is 24.1 Å². The van der Waals surface area contributed by atoms with Crippen LogP contribution < -0.4 is 5.56 Å². The van der Waals surface area contributed by atoms with E-state index < -0.39 is 5.97 Å². The van der Waals surface area contributed by atoms with Crippen molar-refractivity contribution in [2.45, 2.75) is 53.0 Å². The minimum atomic E-state index is -0.866. The van der Waals surface area contributed by atoms with Crippen LogP contribution in [0.5, 0.6) is 0 Å². The Balaban J connectivity index is 3.09. The van der Waals surface area contributed by atoms with Crippen LogP contribution in [0.4, 0.5) is 0 Å². The molecular weight excluding hydrogens is 230 g/mol. The minimum absolute atomic E-state index is 0.00686. The maximum atomic E-state index is 12.3. The molecule has 1 heterocycles. The van der Waals surface area contributed by atoms with E-state index in [4.69, 9.17) is 5.11 Å². The highest BCUT2D eigenvalue weighted by Crippen LogP contribution is 2.09. The Morgan fingerprint density at radius 3 is 2.61 bits per heavy atom. The molecule has 0 saturated heterocycles. The topological polar surface area (TPSA) is 59.3 Å². The zero-order chi connectivity index (χ0) is 13.7. The number of carboxylic acids is 1. The summed E-state index contributed by atoms with van der Waals surface area (Å²) in [6.45, 7) is 6.59. The molecule has 0 amide bonds. The number of carbonyl (C=O) groups is 1.